The lowest BCUT2D eigenvalue weighted by atomic mass is 10.3. The van der Waals surface area contributed by atoms with E-state index in [1.807, 2.05) is 0 Å². The van der Waals surface area contributed by atoms with Crippen molar-refractivity contribution in [1.82, 2.24) is 0 Å². The zero-order valence-electron chi connectivity index (χ0n) is 7.62. The summed E-state index contributed by atoms with van der Waals surface area (Å²) in [6, 6.07) is 3.34. The van der Waals surface area contributed by atoms with Gasteiger partial charge in [-0.3, -0.25) is 10.1 Å². The highest BCUT2D eigenvalue weighted by atomic mass is 79.9. The highest BCUT2D eigenvalue weighted by Crippen LogP contribution is 2.30. The number of ether oxygens (including phenoxy) is 1. The van der Waals surface area contributed by atoms with E-state index < -0.39 is 17.7 Å². The summed E-state index contributed by atoms with van der Waals surface area (Å²) in [5.74, 6) is -0.216. The molecule has 0 amide bonds. The molecule has 8 heteroatoms. The van der Waals surface area contributed by atoms with E-state index in [-0.39, 0.29) is 15.9 Å². The van der Waals surface area contributed by atoms with Crippen molar-refractivity contribution < 1.29 is 22.8 Å². The van der Waals surface area contributed by atoms with Crippen molar-refractivity contribution in [3.8, 4) is 5.75 Å². The van der Waals surface area contributed by atoms with Gasteiger partial charge in [-0.25, -0.2) is 0 Å². The first-order chi connectivity index (χ1) is 7.29. The van der Waals surface area contributed by atoms with Crippen molar-refractivity contribution in [3.63, 3.8) is 0 Å². The summed E-state index contributed by atoms with van der Waals surface area (Å²) in [6.07, 6.45) is -4.48. The van der Waals surface area contributed by atoms with Crippen LogP contribution in [0.1, 0.15) is 0 Å². The van der Waals surface area contributed by atoms with Crippen LogP contribution in [0.4, 0.5) is 18.9 Å². The Morgan fingerprint density at radius 3 is 2.56 bits per heavy atom. The molecular weight excluding hydrogens is 295 g/mol. The smallest absolute Gasteiger partial charge is 0.422 e. The molecule has 0 aliphatic carbocycles. The first-order valence-corrected chi connectivity index (χ1v) is 4.72. The molecular formula is C8H5BrF3NO3. The van der Waals surface area contributed by atoms with Crippen LogP contribution in [0, 0.1) is 10.1 Å². The van der Waals surface area contributed by atoms with Gasteiger partial charge >= 0.3 is 6.18 Å². The summed E-state index contributed by atoms with van der Waals surface area (Å²) in [5.41, 5.74) is -0.333. The zero-order valence-corrected chi connectivity index (χ0v) is 9.21. The Labute approximate surface area is 96.3 Å². The second-order valence-corrected chi connectivity index (χ2v) is 3.63. The molecule has 0 atom stereocenters. The normalized spacial score (nSPS) is 11.2. The third-order valence-corrected chi connectivity index (χ3v) is 2.17. The number of nitrogens with zero attached hydrogens (tertiary/aromatic N) is 1. The van der Waals surface area contributed by atoms with E-state index in [0.717, 1.165) is 12.1 Å². The van der Waals surface area contributed by atoms with Crippen molar-refractivity contribution in [1.29, 1.82) is 0 Å². The number of benzene rings is 1. The lowest BCUT2D eigenvalue weighted by molar-refractivity contribution is -0.385. The molecule has 0 radical (unpaired) electrons. The fourth-order valence-corrected chi connectivity index (χ4v) is 1.24. The lowest BCUT2D eigenvalue weighted by Crippen LogP contribution is -2.19. The van der Waals surface area contributed by atoms with Crippen molar-refractivity contribution in [2.75, 3.05) is 6.61 Å². The van der Waals surface area contributed by atoms with Crippen molar-refractivity contribution in [3.05, 3.63) is 32.8 Å². The van der Waals surface area contributed by atoms with Crippen molar-refractivity contribution >= 4 is 21.6 Å². The molecule has 0 aliphatic heterocycles. The first-order valence-electron chi connectivity index (χ1n) is 3.93. The van der Waals surface area contributed by atoms with E-state index in [1.165, 1.54) is 6.07 Å². The fourth-order valence-electron chi connectivity index (χ4n) is 0.876. The van der Waals surface area contributed by atoms with E-state index in [0.29, 0.717) is 0 Å². The van der Waals surface area contributed by atoms with Gasteiger partial charge in [-0.2, -0.15) is 13.2 Å². The Hall–Kier alpha value is -1.31. The summed E-state index contributed by atoms with van der Waals surface area (Å²) < 4.78 is 40.2. The molecule has 0 saturated carbocycles. The number of non-ortho nitro benzene ring substituents is 1. The van der Waals surface area contributed by atoms with Crippen LogP contribution >= 0.6 is 15.9 Å². The van der Waals surface area contributed by atoms with Crippen LogP contribution in [0.3, 0.4) is 0 Å². The number of nitro benzene ring substituents is 1. The molecule has 0 fully saturated rings. The van der Waals surface area contributed by atoms with Gasteiger partial charge in [-0.15, -0.1) is 0 Å². The molecule has 0 N–H and O–H groups in total. The maximum Gasteiger partial charge on any atom is 0.422 e. The predicted octanol–water partition coefficient (Wildman–Crippen LogP) is 3.30. The summed E-state index contributed by atoms with van der Waals surface area (Å²) in [5, 5.41) is 10.4. The van der Waals surface area contributed by atoms with Crippen LogP contribution in [0.25, 0.3) is 0 Å². The van der Waals surface area contributed by atoms with Crippen LogP contribution in [-0.2, 0) is 0 Å². The van der Waals surface area contributed by atoms with Crippen LogP contribution < -0.4 is 4.74 Å². The molecule has 16 heavy (non-hydrogen) atoms. The van der Waals surface area contributed by atoms with Gasteiger partial charge in [-0.05, 0) is 22.0 Å². The topological polar surface area (TPSA) is 52.4 Å². The van der Waals surface area contributed by atoms with Crippen LogP contribution in [0.5, 0.6) is 5.75 Å². The van der Waals surface area contributed by atoms with E-state index in [9.17, 15) is 23.3 Å². The van der Waals surface area contributed by atoms with Crippen molar-refractivity contribution in [2.45, 2.75) is 6.18 Å². The molecule has 88 valence electrons. The minimum absolute atomic E-state index is 0.216. The van der Waals surface area contributed by atoms with E-state index >= 15 is 0 Å². The number of halogens is 4. The number of hydrogen-bond donors (Lipinski definition) is 0. The number of rotatable bonds is 3. The molecule has 4 nitrogen and oxygen atoms in total. The highest BCUT2D eigenvalue weighted by molar-refractivity contribution is 9.10. The number of nitro groups is 1. The van der Waals surface area contributed by atoms with E-state index in [4.69, 9.17) is 0 Å². The maximum atomic E-state index is 11.9. The third-order valence-electron chi connectivity index (χ3n) is 1.52. The highest BCUT2D eigenvalue weighted by Gasteiger charge is 2.29. The monoisotopic (exact) mass is 299 g/mol. The Morgan fingerprint density at radius 1 is 1.44 bits per heavy atom. The van der Waals surface area contributed by atoms with Gasteiger partial charge in [0, 0.05) is 6.07 Å². The maximum absolute atomic E-state index is 11.9. The molecule has 1 aromatic rings. The summed E-state index contributed by atoms with van der Waals surface area (Å²) in [6.45, 7) is -1.49. The average Bonchev–Trinajstić information content (AvgIpc) is 2.14. The Balaban J connectivity index is 2.86. The van der Waals surface area contributed by atoms with Gasteiger partial charge < -0.3 is 4.74 Å². The number of alkyl halides is 3. The van der Waals surface area contributed by atoms with E-state index in [2.05, 4.69) is 20.7 Å². The van der Waals surface area contributed by atoms with Gasteiger partial charge in [0.15, 0.2) is 6.61 Å². The second kappa shape index (κ2) is 4.69. The largest absolute Gasteiger partial charge is 0.483 e. The summed E-state index contributed by atoms with van der Waals surface area (Å²) in [4.78, 5) is 9.66. The summed E-state index contributed by atoms with van der Waals surface area (Å²) >= 11 is 2.93. The molecule has 0 spiro atoms. The minimum atomic E-state index is -4.48. The molecule has 1 aromatic carbocycles. The Kier molecular flexibility index (Phi) is 3.74. The minimum Gasteiger partial charge on any atom is -0.483 e. The van der Waals surface area contributed by atoms with Crippen LogP contribution in [0.15, 0.2) is 22.7 Å². The van der Waals surface area contributed by atoms with Crippen molar-refractivity contribution in [2.24, 2.45) is 0 Å². The molecule has 0 saturated heterocycles. The Bertz CT molecular complexity index is 408. The third kappa shape index (κ3) is 3.69. The molecule has 0 bridgehead atoms. The summed E-state index contributed by atoms with van der Waals surface area (Å²) in [7, 11) is 0. The van der Waals surface area contributed by atoms with E-state index in [1.54, 1.807) is 0 Å². The standard InChI is InChI=1S/C8H5BrF3NO3/c9-6-2-1-5(13(14)15)3-7(6)16-4-8(10,11)12/h1-3H,4H2. The fraction of sp³-hybridized carbons (Fsp3) is 0.250. The molecule has 0 aliphatic rings. The van der Waals surface area contributed by atoms with Gasteiger partial charge in [0.05, 0.1) is 15.5 Å². The number of hydrogen-bond acceptors (Lipinski definition) is 3. The quantitative estimate of drug-likeness (QED) is 0.635. The SMILES string of the molecule is O=[N+]([O-])c1ccc(Br)c(OCC(F)(F)F)c1. The molecule has 0 aromatic heterocycles. The second-order valence-electron chi connectivity index (χ2n) is 2.78. The zero-order chi connectivity index (χ0) is 12.3. The van der Waals surface area contributed by atoms with Gasteiger partial charge in [-0.1, -0.05) is 0 Å². The molecule has 0 heterocycles. The lowest BCUT2D eigenvalue weighted by Gasteiger charge is -2.10. The average molecular weight is 300 g/mol. The first kappa shape index (κ1) is 12.8. The molecule has 0 unspecified atom stereocenters. The van der Waals surface area contributed by atoms with Crippen LogP contribution in [-0.4, -0.2) is 17.7 Å². The predicted molar refractivity (Wildman–Crippen MR) is 52.3 cm³/mol. The van der Waals surface area contributed by atoms with Gasteiger partial charge in [0.2, 0.25) is 0 Å². The van der Waals surface area contributed by atoms with Gasteiger partial charge in [0.25, 0.3) is 5.69 Å². The van der Waals surface area contributed by atoms with Gasteiger partial charge in [0.1, 0.15) is 5.75 Å². The Morgan fingerprint density at radius 2 is 2.06 bits per heavy atom. The molecule has 1 rings (SSSR count). The van der Waals surface area contributed by atoms with Crippen LogP contribution in [0.2, 0.25) is 0 Å².